The van der Waals surface area contributed by atoms with Gasteiger partial charge in [0.05, 0.1) is 12.4 Å². The van der Waals surface area contributed by atoms with E-state index in [1.807, 2.05) is 0 Å². The molecule has 0 saturated carbocycles. The average Bonchev–Trinajstić information content (AvgIpc) is 2.80. The summed E-state index contributed by atoms with van der Waals surface area (Å²) in [5.74, 6) is -0.100. The van der Waals surface area contributed by atoms with E-state index in [0.717, 1.165) is 18.2 Å². The van der Waals surface area contributed by atoms with Crippen molar-refractivity contribution in [1.82, 2.24) is 19.7 Å². The third-order valence-corrected chi connectivity index (χ3v) is 2.88. The van der Waals surface area contributed by atoms with E-state index in [4.69, 9.17) is 11.6 Å². The van der Waals surface area contributed by atoms with E-state index in [2.05, 4.69) is 28.9 Å². The highest BCUT2D eigenvalue weighted by Gasteiger charge is 2.12. The first-order chi connectivity index (χ1) is 8.11. The minimum atomic E-state index is -0.548. The van der Waals surface area contributed by atoms with Gasteiger partial charge in [0.25, 0.3) is 0 Å². The van der Waals surface area contributed by atoms with Crippen molar-refractivity contribution in [2.45, 2.75) is 26.2 Å². The minimum absolute atomic E-state index is 0.00184. The Morgan fingerprint density at radius 1 is 1.47 bits per heavy atom. The lowest BCUT2D eigenvalue weighted by Crippen LogP contribution is -2.03. The fourth-order valence-electron chi connectivity index (χ4n) is 1.44. The molecule has 1 atom stereocenters. The summed E-state index contributed by atoms with van der Waals surface area (Å²) < 4.78 is 14.9. The van der Waals surface area contributed by atoms with Gasteiger partial charge < -0.3 is 0 Å². The Hall–Kier alpha value is -1.49. The smallest absolute Gasteiger partial charge is 0.223 e. The van der Waals surface area contributed by atoms with E-state index < -0.39 is 5.82 Å². The first-order valence-corrected chi connectivity index (χ1v) is 5.72. The molecule has 0 amide bonds. The van der Waals surface area contributed by atoms with Crippen LogP contribution in [0.25, 0.3) is 5.82 Å². The van der Waals surface area contributed by atoms with Crippen LogP contribution in [0.4, 0.5) is 4.39 Å². The fourth-order valence-corrected chi connectivity index (χ4v) is 1.57. The second-order valence-corrected chi connectivity index (χ2v) is 4.18. The van der Waals surface area contributed by atoms with Crippen LogP contribution in [0.1, 0.15) is 31.7 Å². The molecule has 0 fully saturated rings. The summed E-state index contributed by atoms with van der Waals surface area (Å²) in [5.41, 5.74) is 1.04. The maximum Gasteiger partial charge on any atom is 0.224 e. The molecule has 0 N–H and O–H groups in total. The lowest BCUT2D eigenvalue weighted by molar-refractivity contribution is 0.592. The molecular formula is C11H12ClFN4. The van der Waals surface area contributed by atoms with Crippen molar-refractivity contribution in [1.29, 1.82) is 0 Å². The quantitative estimate of drug-likeness (QED) is 0.791. The highest BCUT2D eigenvalue weighted by atomic mass is 35.5. The van der Waals surface area contributed by atoms with Crippen molar-refractivity contribution in [2.24, 2.45) is 0 Å². The van der Waals surface area contributed by atoms with Gasteiger partial charge in [0.15, 0.2) is 11.6 Å². The van der Waals surface area contributed by atoms with Crippen molar-refractivity contribution < 1.29 is 4.39 Å². The molecular weight excluding hydrogens is 243 g/mol. The van der Waals surface area contributed by atoms with Crippen LogP contribution in [0.2, 0.25) is 5.28 Å². The molecule has 0 saturated heterocycles. The van der Waals surface area contributed by atoms with Gasteiger partial charge in [0, 0.05) is 6.20 Å². The number of nitrogens with zero attached hydrogens (tertiary/aromatic N) is 4. The van der Waals surface area contributed by atoms with E-state index in [0.29, 0.717) is 5.92 Å². The molecule has 0 aromatic carbocycles. The first-order valence-electron chi connectivity index (χ1n) is 5.34. The Bertz CT molecular complexity index is 526. The van der Waals surface area contributed by atoms with Crippen LogP contribution < -0.4 is 0 Å². The molecule has 4 nitrogen and oxygen atoms in total. The largest absolute Gasteiger partial charge is 0.224 e. The third-order valence-electron chi connectivity index (χ3n) is 2.70. The van der Waals surface area contributed by atoms with Gasteiger partial charge >= 0.3 is 0 Å². The maximum atomic E-state index is 13.5. The predicted molar refractivity (Wildman–Crippen MR) is 62.8 cm³/mol. The normalized spacial score (nSPS) is 12.7. The molecule has 0 aliphatic heterocycles. The Kier molecular flexibility index (Phi) is 3.38. The number of rotatable bonds is 3. The monoisotopic (exact) mass is 254 g/mol. The molecule has 0 aliphatic rings. The van der Waals surface area contributed by atoms with Crippen molar-refractivity contribution in [3.05, 3.63) is 35.3 Å². The summed E-state index contributed by atoms with van der Waals surface area (Å²) in [7, 11) is 0. The van der Waals surface area contributed by atoms with Gasteiger partial charge in [-0.25, -0.2) is 14.1 Å². The highest BCUT2D eigenvalue weighted by molar-refractivity contribution is 6.28. The molecule has 0 spiro atoms. The van der Waals surface area contributed by atoms with E-state index in [1.54, 1.807) is 12.4 Å². The van der Waals surface area contributed by atoms with E-state index in [1.165, 1.54) is 4.68 Å². The van der Waals surface area contributed by atoms with Gasteiger partial charge in [-0.2, -0.15) is 10.1 Å². The van der Waals surface area contributed by atoms with Crippen LogP contribution in [0.3, 0.4) is 0 Å². The van der Waals surface area contributed by atoms with Crippen molar-refractivity contribution >= 4 is 11.6 Å². The van der Waals surface area contributed by atoms with Gasteiger partial charge in [-0.3, -0.25) is 0 Å². The molecule has 2 aromatic heterocycles. The van der Waals surface area contributed by atoms with Crippen LogP contribution in [0.5, 0.6) is 0 Å². The van der Waals surface area contributed by atoms with Gasteiger partial charge in [0.1, 0.15) is 0 Å². The number of halogens is 2. The Labute approximate surface area is 103 Å². The summed E-state index contributed by atoms with van der Waals surface area (Å²) in [6.45, 7) is 4.18. The first kappa shape index (κ1) is 12.0. The van der Waals surface area contributed by atoms with Crippen LogP contribution in [0, 0.1) is 5.82 Å². The molecule has 6 heteroatoms. The van der Waals surface area contributed by atoms with Crippen LogP contribution in [-0.2, 0) is 0 Å². The predicted octanol–water partition coefficient (Wildman–Crippen LogP) is 2.97. The molecule has 0 radical (unpaired) electrons. The second-order valence-electron chi connectivity index (χ2n) is 3.84. The summed E-state index contributed by atoms with van der Waals surface area (Å²) in [5, 5.41) is 4.09. The van der Waals surface area contributed by atoms with Gasteiger partial charge in [0.2, 0.25) is 5.28 Å². The molecule has 17 heavy (non-hydrogen) atoms. The molecule has 90 valence electrons. The number of aromatic nitrogens is 4. The summed E-state index contributed by atoms with van der Waals surface area (Å²) in [6.07, 6.45) is 5.51. The fraction of sp³-hybridized carbons (Fsp3) is 0.364. The second kappa shape index (κ2) is 4.79. The number of hydrogen-bond donors (Lipinski definition) is 0. The van der Waals surface area contributed by atoms with Gasteiger partial charge in [-0.1, -0.05) is 13.8 Å². The topological polar surface area (TPSA) is 43.6 Å². The van der Waals surface area contributed by atoms with Crippen molar-refractivity contribution in [3.8, 4) is 5.82 Å². The average molecular weight is 255 g/mol. The molecule has 0 bridgehead atoms. The van der Waals surface area contributed by atoms with E-state index in [-0.39, 0.29) is 11.1 Å². The zero-order valence-corrected chi connectivity index (χ0v) is 10.3. The van der Waals surface area contributed by atoms with Crippen LogP contribution >= 0.6 is 11.6 Å². The zero-order chi connectivity index (χ0) is 12.4. The summed E-state index contributed by atoms with van der Waals surface area (Å²) >= 11 is 5.63. The van der Waals surface area contributed by atoms with E-state index in [9.17, 15) is 4.39 Å². The lowest BCUT2D eigenvalue weighted by atomic mass is 10.0. The Balaban J connectivity index is 2.40. The lowest BCUT2D eigenvalue weighted by Gasteiger charge is -2.04. The molecule has 2 rings (SSSR count). The van der Waals surface area contributed by atoms with Crippen molar-refractivity contribution in [2.75, 3.05) is 0 Å². The third kappa shape index (κ3) is 2.44. The minimum Gasteiger partial charge on any atom is -0.223 e. The molecule has 2 heterocycles. The Morgan fingerprint density at radius 2 is 2.24 bits per heavy atom. The maximum absolute atomic E-state index is 13.5. The standard InChI is InChI=1S/C11H12ClFN4/c1-3-7(2)8-4-15-17(6-8)10-9(13)5-14-11(12)16-10/h4-7H,3H2,1-2H3. The summed E-state index contributed by atoms with van der Waals surface area (Å²) in [4.78, 5) is 7.38. The van der Waals surface area contributed by atoms with Gasteiger partial charge in [-0.05, 0) is 29.5 Å². The molecule has 1 unspecified atom stereocenters. The van der Waals surface area contributed by atoms with E-state index >= 15 is 0 Å². The SMILES string of the molecule is CCC(C)c1cnn(-c2nc(Cl)ncc2F)c1. The molecule has 0 aliphatic carbocycles. The summed E-state index contributed by atoms with van der Waals surface area (Å²) in [6, 6.07) is 0. The molecule has 2 aromatic rings. The Morgan fingerprint density at radius 3 is 2.94 bits per heavy atom. The van der Waals surface area contributed by atoms with Crippen LogP contribution in [-0.4, -0.2) is 19.7 Å². The van der Waals surface area contributed by atoms with Crippen LogP contribution in [0.15, 0.2) is 18.6 Å². The zero-order valence-electron chi connectivity index (χ0n) is 9.56. The van der Waals surface area contributed by atoms with Gasteiger partial charge in [-0.15, -0.1) is 0 Å². The number of hydrogen-bond acceptors (Lipinski definition) is 3. The highest BCUT2D eigenvalue weighted by Crippen LogP contribution is 2.19. The van der Waals surface area contributed by atoms with Crippen molar-refractivity contribution in [3.63, 3.8) is 0 Å².